The number of hydrogen-bond donors (Lipinski definition) is 2. The van der Waals surface area contributed by atoms with Gasteiger partial charge in [-0.1, -0.05) is 12.2 Å². The molecule has 0 amide bonds. The van der Waals surface area contributed by atoms with Gasteiger partial charge in [0.2, 0.25) is 0 Å². The molecule has 0 aliphatic carbocycles. The fourth-order valence-electron chi connectivity index (χ4n) is 9.57. The molecule has 0 aromatic carbocycles. The van der Waals surface area contributed by atoms with Crippen molar-refractivity contribution in [1.82, 2.24) is 44.1 Å². The normalized spacial score (nSPS) is 30.0. The molecule has 8 saturated heterocycles. The van der Waals surface area contributed by atoms with Crippen LogP contribution in [0.4, 0.5) is 22.0 Å². The number of β-amino-alcohol motifs (C(OH)–C–C–N with tert-alkyl or cyclic N) is 1. The molecule has 8 fully saturated rings. The van der Waals surface area contributed by atoms with E-state index in [-0.39, 0.29) is 37.5 Å². The molecular formula is C56H111F5N10O4. The predicted octanol–water partition coefficient (Wildman–Crippen LogP) is 6.68. The zero-order valence-electron chi connectivity index (χ0n) is 49.4. The number of likely N-dealkylation sites (N-methyl/N-ethyl adjacent to an activating group) is 4. The summed E-state index contributed by atoms with van der Waals surface area (Å²) in [5.74, 6) is -4.51. The van der Waals surface area contributed by atoms with E-state index >= 15 is 0 Å². The maximum atomic E-state index is 12.4. The van der Waals surface area contributed by atoms with Crippen molar-refractivity contribution >= 4 is 0 Å². The van der Waals surface area contributed by atoms with Crippen LogP contribution in [-0.2, 0) is 9.47 Å². The molecule has 9 aliphatic heterocycles. The lowest BCUT2D eigenvalue weighted by atomic mass is 9.94. The number of likely N-dealkylation sites (tertiary alicyclic amines) is 6. The number of hydrogen-bond acceptors (Lipinski definition) is 14. The zero-order chi connectivity index (χ0) is 56.5. The first-order chi connectivity index (χ1) is 35.2. The van der Waals surface area contributed by atoms with Gasteiger partial charge in [-0.15, -0.1) is 0 Å². The number of piperidine rings is 6. The third-order valence-corrected chi connectivity index (χ3v) is 14.4. The summed E-state index contributed by atoms with van der Waals surface area (Å²) in [4.78, 5) is 19.1. The van der Waals surface area contributed by atoms with Crippen molar-refractivity contribution < 1.29 is 41.6 Å². The molecular weight excluding hydrogens is 972 g/mol. The molecule has 0 bridgehead atoms. The van der Waals surface area contributed by atoms with Gasteiger partial charge in [-0.2, -0.15) is 5.26 Å². The highest BCUT2D eigenvalue weighted by atomic mass is 19.3. The molecule has 0 radical (unpaired) electrons. The second-order valence-corrected chi connectivity index (χ2v) is 23.4. The minimum absolute atomic E-state index is 0.0312. The van der Waals surface area contributed by atoms with E-state index in [1.165, 1.54) is 19.4 Å². The van der Waals surface area contributed by atoms with Crippen molar-refractivity contribution in [3.05, 3.63) is 12.2 Å². The van der Waals surface area contributed by atoms with Crippen molar-refractivity contribution in [2.24, 2.45) is 5.92 Å². The summed E-state index contributed by atoms with van der Waals surface area (Å²) in [7, 11) is 18.2. The Morgan fingerprint density at radius 2 is 1.01 bits per heavy atom. The van der Waals surface area contributed by atoms with Crippen molar-refractivity contribution in [2.75, 3.05) is 194 Å². The maximum Gasteiger partial charge on any atom is 0.260 e. The van der Waals surface area contributed by atoms with E-state index in [0.717, 1.165) is 143 Å². The van der Waals surface area contributed by atoms with Crippen LogP contribution in [0.2, 0.25) is 0 Å². The van der Waals surface area contributed by atoms with Crippen LogP contribution in [0.1, 0.15) is 104 Å². The van der Waals surface area contributed by atoms with Gasteiger partial charge in [0.25, 0.3) is 11.8 Å². The second-order valence-electron chi connectivity index (χ2n) is 23.4. The molecule has 19 heteroatoms. The molecule has 14 nitrogen and oxygen atoms in total. The van der Waals surface area contributed by atoms with E-state index in [9.17, 15) is 27.1 Å². The Labute approximate surface area is 454 Å². The van der Waals surface area contributed by atoms with Crippen molar-refractivity contribution in [3.8, 4) is 6.07 Å². The Hall–Kier alpha value is -1.64. The van der Waals surface area contributed by atoms with Crippen LogP contribution in [-0.4, -0.2) is 291 Å². The Balaban J connectivity index is 0.000000422. The van der Waals surface area contributed by atoms with Crippen LogP contribution in [0.5, 0.6) is 0 Å². The molecule has 0 aromatic heterocycles. The van der Waals surface area contributed by atoms with E-state index in [1.54, 1.807) is 11.9 Å². The number of rotatable bonds is 0. The highest BCUT2D eigenvalue weighted by Crippen LogP contribution is 2.27. The van der Waals surface area contributed by atoms with E-state index < -0.39 is 18.0 Å². The first-order valence-electron chi connectivity index (χ1n) is 28.4. The highest BCUT2D eigenvalue weighted by Gasteiger charge is 2.34. The third kappa shape index (κ3) is 40.2. The average molecular weight is 1080 g/mol. The summed E-state index contributed by atoms with van der Waals surface area (Å²) in [6, 6.07) is 2.29. The number of nitriles is 1. The Morgan fingerprint density at radius 3 is 1.32 bits per heavy atom. The zero-order valence-corrected chi connectivity index (χ0v) is 49.4. The number of alkyl halides is 5. The van der Waals surface area contributed by atoms with Crippen LogP contribution < -0.4 is 0 Å². The number of ether oxygens (including phenoxy) is 2. The number of aliphatic hydroxyl groups excluding tert-OH is 1. The van der Waals surface area contributed by atoms with Gasteiger partial charge in [-0.3, -0.25) is 0 Å². The molecule has 444 valence electrons. The molecule has 2 N–H and O–H groups in total. The molecule has 0 saturated carbocycles. The Kier molecular flexibility index (Phi) is 37.8. The number of nitrogens with zero attached hydrogens (tertiary/aromatic N) is 10. The predicted molar refractivity (Wildman–Crippen MR) is 298 cm³/mol. The Morgan fingerprint density at radius 1 is 0.520 bits per heavy atom. The van der Waals surface area contributed by atoms with Gasteiger partial charge in [-0.05, 0) is 175 Å². The lowest BCUT2D eigenvalue weighted by molar-refractivity contribution is -0.0603. The molecule has 5 atom stereocenters. The summed E-state index contributed by atoms with van der Waals surface area (Å²) < 4.78 is 72.5. The standard InChI is InChI=1S/C7H12N2.2C7H15NO.2C6H11F2N.C6H12FN.C6H13NO.C6H11N.C5H11NO/c1-9-4-2-3-7(5-8)6-9;1-6-4-8(3)5-7(2)9-6;1-7(9)3-5-8(2)6-4-7;1-9-4-2-6(7,8)3-5-9;1-9-4-2-3-6(7,8)5-9;1-8-4-2-3-6(7)5-8;1-7-4-2-3-6(8)5-7;1-7-5-3-2-4-6-7;1-6-2-4-7-5-3-6/h7H,2-4,6H2,1H3;6-7H,4-5H2,1-3H3;9H,3-6H2,1-2H3;2*2-5H2,1H3;6H,2-5H2,1H3;6,8H,2-5H2,1H3;2-3H,4-6H2,1H3;2-5H2,1H3. The molecule has 0 spiro atoms. The van der Waals surface area contributed by atoms with Crippen LogP contribution in [0.25, 0.3) is 0 Å². The largest absolute Gasteiger partial charge is 0.392 e. The van der Waals surface area contributed by atoms with E-state index in [0.29, 0.717) is 44.2 Å². The molecule has 0 aromatic rings. The summed E-state index contributed by atoms with van der Waals surface area (Å²) in [5.41, 5.74) is -0.382. The summed E-state index contributed by atoms with van der Waals surface area (Å²) in [5, 5.41) is 27.0. The fraction of sp³-hybridized carbons (Fsp3) is 0.946. The van der Waals surface area contributed by atoms with Gasteiger partial charge in [0.15, 0.2) is 0 Å². The lowest BCUT2D eigenvalue weighted by Crippen LogP contribution is -2.42. The van der Waals surface area contributed by atoms with Crippen LogP contribution in [0.15, 0.2) is 12.2 Å². The monoisotopic (exact) mass is 1080 g/mol. The summed E-state index contributed by atoms with van der Waals surface area (Å²) >= 11 is 0. The first kappa shape index (κ1) is 71.4. The summed E-state index contributed by atoms with van der Waals surface area (Å²) in [6.07, 6.45) is 14.7. The topological polar surface area (TPSA) is 112 Å². The lowest BCUT2D eigenvalue weighted by Gasteiger charge is -2.33. The van der Waals surface area contributed by atoms with Crippen LogP contribution in [0.3, 0.4) is 0 Å². The minimum Gasteiger partial charge on any atom is -0.392 e. The SMILES string of the molecule is CC1CN(C)CC(C)O1.CN1CC=CCC1.CN1CCC(C)(O)CC1.CN1CCC(F)(F)CC1.CN1CCCC(C#N)C1.CN1CCCC(F)(F)C1.CN1CCCC(F)C1.CN1CCCC(O)C1.CN1CCOCC1. The van der Waals surface area contributed by atoms with E-state index in [2.05, 4.69) is 96.7 Å². The second kappa shape index (κ2) is 39.7. The van der Waals surface area contributed by atoms with E-state index in [1.807, 2.05) is 37.9 Å². The van der Waals surface area contributed by atoms with Crippen molar-refractivity contribution in [2.45, 2.75) is 146 Å². The average Bonchev–Trinajstić information content (AvgIpc) is 3.32. The molecule has 9 aliphatic rings. The van der Waals surface area contributed by atoms with Gasteiger partial charge in [0.1, 0.15) is 6.17 Å². The fourth-order valence-corrected chi connectivity index (χ4v) is 9.57. The first-order valence-corrected chi connectivity index (χ1v) is 28.4. The number of morpholine rings is 2. The number of halogens is 5. The van der Waals surface area contributed by atoms with Gasteiger partial charge < -0.3 is 63.8 Å². The van der Waals surface area contributed by atoms with Gasteiger partial charge >= 0.3 is 0 Å². The maximum absolute atomic E-state index is 12.4. The smallest absolute Gasteiger partial charge is 0.260 e. The van der Waals surface area contributed by atoms with Gasteiger partial charge in [0, 0.05) is 104 Å². The summed E-state index contributed by atoms with van der Waals surface area (Å²) in [6.45, 7) is 24.4. The van der Waals surface area contributed by atoms with Gasteiger partial charge in [0.05, 0.1) is 55.7 Å². The number of aliphatic hydroxyl groups is 2. The molecule has 9 heterocycles. The van der Waals surface area contributed by atoms with Crippen molar-refractivity contribution in [1.29, 1.82) is 5.26 Å². The van der Waals surface area contributed by atoms with Crippen LogP contribution >= 0.6 is 0 Å². The highest BCUT2D eigenvalue weighted by molar-refractivity contribution is 4.89. The molecule has 9 rings (SSSR count). The third-order valence-electron chi connectivity index (χ3n) is 14.4. The quantitative estimate of drug-likeness (QED) is 0.199. The van der Waals surface area contributed by atoms with Crippen molar-refractivity contribution in [3.63, 3.8) is 0 Å². The van der Waals surface area contributed by atoms with E-state index in [4.69, 9.17) is 19.8 Å². The Bertz CT molecular complexity index is 1380. The molecule has 5 unspecified atom stereocenters. The van der Waals surface area contributed by atoms with Crippen LogP contribution in [0, 0.1) is 17.2 Å². The molecule has 75 heavy (non-hydrogen) atoms. The van der Waals surface area contributed by atoms with Gasteiger partial charge in [-0.25, -0.2) is 22.0 Å². The minimum atomic E-state index is -2.42.